The summed E-state index contributed by atoms with van der Waals surface area (Å²) in [5.74, 6) is 1.98. The number of furan rings is 1. The highest BCUT2D eigenvalue weighted by atomic mass is 16.3. The Kier molecular flexibility index (Phi) is 2.29. The predicted molar refractivity (Wildman–Crippen MR) is 60.9 cm³/mol. The average molecular weight is 217 g/mol. The monoisotopic (exact) mass is 217 g/mol. The summed E-state index contributed by atoms with van der Waals surface area (Å²) < 4.78 is 7.51. The van der Waals surface area contributed by atoms with Crippen LogP contribution >= 0.6 is 0 Å². The van der Waals surface area contributed by atoms with Crippen LogP contribution in [-0.4, -0.2) is 16.1 Å². The Morgan fingerprint density at radius 2 is 2.50 bits per heavy atom. The van der Waals surface area contributed by atoms with E-state index in [9.17, 15) is 0 Å². The molecule has 0 bridgehead atoms. The fourth-order valence-corrected chi connectivity index (χ4v) is 2.31. The van der Waals surface area contributed by atoms with E-state index in [4.69, 9.17) is 4.42 Å². The standard InChI is InChI=1S/C12H15N3O/c1-15-10(11-5-3-7-16-11)8-14-12(15)9-4-2-6-13-9/h3,5,7-9,13H,2,4,6H2,1H3. The molecule has 0 saturated carbocycles. The first-order valence-corrected chi connectivity index (χ1v) is 5.65. The minimum absolute atomic E-state index is 0.397. The van der Waals surface area contributed by atoms with Gasteiger partial charge in [0.15, 0.2) is 5.76 Å². The highest BCUT2D eigenvalue weighted by Crippen LogP contribution is 2.26. The number of hydrogen-bond acceptors (Lipinski definition) is 3. The van der Waals surface area contributed by atoms with Gasteiger partial charge in [-0.25, -0.2) is 4.98 Å². The number of rotatable bonds is 2. The van der Waals surface area contributed by atoms with Crippen molar-refractivity contribution in [2.24, 2.45) is 7.05 Å². The second-order valence-electron chi connectivity index (χ2n) is 4.19. The minimum Gasteiger partial charge on any atom is -0.463 e. The maximum absolute atomic E-state index is 5.40. The van der Waals surface area contributed by atoms with E-state index < -0.39 is 0 Å². The molecule has 0 aromatic carbocycles. The van der Waals surface area contributed by atoms with Gasteiger partial charge in [-0.3, -0.25) is 0 Å². The second-order valence-corrected chi connectivity index (χ2v) is 4.19. The first kappa shape index (κ1) is 9.66. The van der Waals surface area contributed by atoms with E-state index in [-0.39, 0.29) is 0 Å². The summed E-state index contributed by atoms with van der Waals surface area (Å²) in [6.07, 6.45) is 5.97. The third-order valence-electron chi connectivity index (χ3n) is 3.17. The second kappa shape index (κ2) is 3.79. The van der Waals surface area contributed by atoms with Gasteiger partial charge in [-0.05, 0) is 31.5 Å². The summed E-state index contributed by atoms with van der Waals surface area (Å²) in [6, 6.07) is 4.26. The van der Waals surface area contributed by atoms with Gasteiger partial charge < -0.3 is 14.3 Å². The predicted octanol–water partition coefficient (Wildman–Crippen LogP) is 2.10. The van der Waals surface area contributed by atoms with Crippen LogP contribution in [0.3, 0.4) is 0 Å². The van der Waals surface area contributed by atoms with Crippen LogP contribution in [-0.2, 0) is 7.05 Å². The molecule has 4 nitrogen and oxygen atoms in total. The summed E-state index contributed by atoms with van der Waals surface area (Å²) in [5.41, 5.74) is 1.04. The SMILES string of the molecule is Cn1c(-c2ccco2)cnc1C1CCCN1. The van der Waals surface area contributed by atoms with Crippen molar-refractivity contribution >= 4 is 0 Å². The number of aromatic nitrogens is 2. The number of imidazole rings is 1. The first-order valence-electron chi connectivity index (χ1n) is 5.65. The van der Waals surface area contributed by atoms with Gasteiger partial charge in [0.25, 0.3) is 0 Å². The zero-order valence-corrected chi connectivity index (χ0v) is 9.31. The van der Waals surface area contributed by atoms with Crippen molar-refractivity contribution in [1.29, 1.82) is 0 Å². The molecule has 0 amide bonds. The van der Waals surface area contributed by atoms with Gasteiger partial charge in [-0.15, -0.1) is 0 Å². The Balaban J connectivity index is 1.97. The number of nitrogens with zero attached hydrogens (tertiary/aromatic N) is 2. The van der Waals surface area contributed by atoms with E-state index in [0.29, 0.717) is 6.04 Å². The van der Waals surface area contributed by atoms with Crippen LogP contribution in [0.25, 0.3) is 11.5 Å². The lowest BCUT2D eigenvalue weighted by Gasteiger charge is -2.10. The van der Waals surface area contributed by atoms with Gasteiger partial charge in [-0.2, -0.15) is 0 Å². The fraction of sp³-hybridized carbons (Fsp3) is 0.417. The van der Waals surface area contributed by atoms with Crippen molar-refractivity contribution in [1.82, 2.24) is 14.9 Å². The molecule has 1 fully saturated rings. The maximum atomic E-state index is 5.40. The van der Waals surface area contributed by atoms with E-state index in [1.165, 1.54) is 12.8 Å². The summed E-state index contributed by atoms with van der Waals surface area (Å²) in [6.45, 7) is 1.09. The smallest absolute Gasteiger partial charge is 0.151 e. The molecule has 16 heavy (non-hydrogen) atoms. The molecule has 1 atom stereocenters. The third kappa shape index (κ3) is 1.46. The molecule has 3 rings (SSSR count). The fourth-order valence-electron chi connectivity index (χ4n) is 2.31. The van der Waals surface area contributed by atoms with Crippen LogP contribution in [0, 0.1) is 0 Å². The van der Waals surface area contributed by atoms with Crippen LogP contribution in [0.5, 0.6) is 0 Å². The van der Waals surface area contributed by atoms with Crippen LogP contribution in [0.15, 0.2) is 29.0 Å². The lowest BCUT2D eigenvalue weighted by molar-refractivity contribution is 0.562. The van der Waals surface area contributed by atoms with Gasteiger partial charge >= 0.3 is 0 Å². The van der Waals surface area contributed by atoms with Crippen LogP contribution in [0.2, 0.25) is 0 Å². The van der Waals surface area contributed by atoms with E-state index in [2.05, 4.69) is 14.9 Å². The molecule has 1 unspecified atom stereocenters. The topological polar surface area (TPSA) is 43.0 Å². The molecule has 0 radical (unpaired) electrons. The molecule has 2 aromatic heterocycles. The quantitative estimate of drug-likeness (QED) is 0.837. The minimum atomic E-state index is 0.397. The normalized spacial score (nSPS) is 20.4. The van der Waals surface area contributed by atoms with Gasteiger partial charge in [-0.1, -0.05) is 0 Å². The van der Waals surface area contributed by atoms with Crippen molar-refractivity contribution in [3.8, 4) is 11.5 Å². The molecule has 1 aliphatic rings. The lowest BCUT2D eigenvalue weighted by atomic mass is 10.2. The van der Waals surface area contributed by atoms with Crippen LogP contribution in [0.4, 0.5) is 0 Å². The van der Waals surface area contributed by atoms with Crippen molar-refractivity contribution in [3.63, 3.8) is 0 Å². The Labute approximate surface area is 94.3 Å². The highest BCUT2D eigenvalue weighted by molar-refractivity contribution is 5.52. The molecule has 1 N–H and O–H groups in total. The van der Waals surface area contributed by atoms with Crippen molar-refractivity contribution < 1.29 is 4.42 Å². The number of hydrogen-bond donors (Lipinski definition) is 1. The average Bonchev–Trinajstić information content (AvgIpc) is 2.96. The summed E-state index contributed by atoms with van der Waals surface area (Å²) in [7, 11) is 2.04. The summed E-state index contributed by atoms with van der Waals surface area (Å²) in [4.78, 5) is 4.49. The van der Waals surface area contributed by atoms with Crippen LogP contribution in [0.1, 0.15) is 24.7 Å². The Bertz CT molecular complexity index is 466. The zero-order chi connectivity index (χ0) is 11.0. The molecule has 1 saturated heterocycles. The molecule has 1 aliphatic heterocycles. The van der Waals surface area contributed by atoms with Crippen molar-refractivity contribution in [3.05, 3.63) is 30.4 Å². The Morgan fingerprint density at radius 1 is 1.56 bits per heavy atom. The van der Waals surface area contributed by atoms with Gasteiger partial charge in [0.05, 0.1) is 18.5 Å². The first-order chi connectivity index (χ1) is 7.86. The third-order valence-corrected chi connectivity index (χ3v) is 3.17. The molecular formula is C12H15N3O. The maximum Gasteiger partial charge on any atom is 0.151 e. The molecule has 3 heterocycles. The molecule has 0 spiro atoms. The van der Waals surface area contributed by atoms with E-state index in [0.717, 1.165) is 23.8 Å². The largest absolute Gasteiger partial charge is 0.463 e. The molecule has 4 heteroatoms. The van der Waals surface area contributed by atoms with Crippen molar-refractivity contribution in [2.45, 2.75) is 18.9 Å². The number of nitrogens with one attached hydrogen (secondary N) is 1. The Morgan fingerprint density at radius 3 is 3.19 bits per heavy atom. The molecule has 0 aliphatic carbocycles. The molecular weight excluding hydrogens is 202 g/mol. The van der Waals surface area contributed by atoms with E-state index in [1.807, 2.05) is 25.4 Å². The van der Waals surface area contributed by atoms with Crippen LogP contribution < -0.4 is 5.32 Å². The van der Waals surface area contributed by atoms with Gasteiger partial charge in [0, 0.05) is 7.05 Å². The summed E-state index contributed by atoms with van der Waals surface area (Å²) in [5, 5.41) is 3.46. The molecule has 2 aromatic rings. The Hall–Kier alpha value is -1.55. The highest BCUT2D eigenvalue weighted by Gasteiger charge is 2.22. The van der Waals surface area contributed by atoms with Gasteiger partial charge in [0.1, 0.15) is 11.5 Å². The van der Waals surface area contributed by atoms with Crippen molar-refractivity contribution in [2.75, 3.05) is 6.54 Å². The zero-order valence-electron chi connectivity index (χ0n) is 9.31. The summed E-state index contributed by atoms with van der Waals surface area (Å²) >= 11 is 0. The molecule has 84 valence electrons. The lowest BCUT2D eigenvalue weighted by Crippen LogP contribution is -2.17. The van der Waals surface area contributed by atoms with E-state index in [1.54, 1.807) is 6.26 Å². The van der Waals surface area contributed by atoms with E-state index >= 15 is 0 Å². The van der Waals surface area contributed by atoms with Gasteiger partial charge in [0.2, 0.25) is 0 Å².